The van der Waals surface area contributed by atoms with Crippen LogP contribution in [0.15, 0.2) is 53.6 Å². The number of anilines is 1. The van der Waals surface area contributed by atoms with E-state index in [-0.39, 0.29) is 18.1 Å². The molecule has 7 rings (SSSR count). The first-order valence-electron chi connectivity index (χ1n) is 15.6. The van der Waals surface area contributed by atoms with Crippen molar-refractivity contribution in [2.24, 2.45) is 7.05 Å². The Balaban J connectivity index is 1.23. The molecular formula is C35H38FN5O3. The number of aliphatic hydroxyl groups excluding tert-OH is 1. The topological polar surface area (TPSA) is 83.6 Å². The third-order valence-electron chi connectivity index (χ3n) is 9.75. The molecule has 0 spiro atoms. The summed E-state index contributed by atoms with van der Waals surface area (Å²) in [7, 11) is 3.80. The zero-order valence-corrected chi connectivity index (χ0v) is 25.4. The summed E-state index contributed by atoms with van der Waals surface area (Å²) < 4.78 is 18.9. The molecule has 5 heterocycles. The number of pyridine rings is 2. The van der Waals surface area contributed by atoms with Gasteiger partial charge in [0.15, 0.2) is 0 Å². The Morgan fingerprint density at radius 1 is 1.00 bits per heavy atom. The highest BCUT2D eigenvalue weighted by molar-refractivity contribution is 6.07. The van der Waals surface area contributed by atoms with Crippen LogP contribution in [-0.4, -0.2) is 50.2 Å². The molecule has 4 aromatic rings. The number of benzene rings is 1. The van der Waals surface area contributed by atoms with Crippen LogP contribution in [0.25, 0.3) is 11.1 Å². The summed E-state index contributed by atoms with van der Waals surface area (Å²) in [4.78, 5) is 35.6. The minimum Gasteiger partial charge on any atom is -0.392 e. The van der Waals surface area contributed by atoms with E-state index in [4.69, 9.17) is 0 Å². The van der Waals surface area contributed by atoms with Gasteiger partial charge in [0.25, 0.3) is 11.5 Å². The van der Waals surface area contributed by atoms with Crippen LogP contribution in [-0.2, 0) is 39.5 Å². The van der Waals surface area contributed by atoms with Crippen molar-refractivity contribution in [2.45, 2.75) is 64.1 Å². The Kier molecular flexibility index (Phi) is 7.46. The second kappa shape index (κ2) is 11.4. The maximum absolute atomic E-state index is 15.3. The van der Waals surface area contributed by atoms with Gasteiger partial charge in [-0.2, -0.15) is 0 Å². The third-order valence-corrected chi connectivity index (χ3v) is 9.75. The fourth-order valence-electron chi connectivity index (χ4n) is 7.47. The molecule has 1 amide bonds. The maximum Gasteiger partial charge on any atom is 0.274 e. The van der Waals surface area contributed by atoms with Crippen LogP contribution in [0.3, 0.4) is 0 Å². The van der Waals surface area contributed by atoms with Crippen LogP contribution in [0.1, 0.15) is 75.9 Å². The summed E-state index contributed by atoms with van der Waals surface area (Å²) in [5, 5.41) is 10.6. The Hall–Kier alpha value is -4.08. The lowest BCUT2D eigenvalue weighted by Crippen LogP contribution is -2.41. The quantitative estimate of drug-likeness (QED) is 0.347. The monoisotopic (exact) mass is 595 g/mol. The maximum atomic E-state index is 15.3. The van der Waals surface area contributed by atoms with Crippen LogP contribution in [0.5, 0.6) is 0 Å². The Bertz CT molecular complexity index is 1810. The molecule has 1 fully saturated rings. The number of rotatable bonds is 6. The Morgan fingerprint density at radius 2 is 1.84 bits per heavy atom. The van der Waals surface area contributed by atoms with Gasteiger partial charge < -0.3 is 19.1 Å². The van der Waals surface area contributed by atoms with Crippen LogP contribution in [0, 0.1) is 5.82 Å². The van der Waals surface area contributed by atoms with E-state index in [9.17, 15) is 14.7 Å². The lowest BCUT2D eigenvalue weighted by Gasteiger charge is -2.31. The molecule has 3 aliphatic rings. The van der Waals surface area contributed by atoms with Crippen molar-refractivity contribution in [3.8, 4) is 11.1 Å². The zero-order chi connectivity index (χ0) is 30.5. The highest BCUT2D eigenvalue weighted by atomic mass is 19.1. The van der Waals surface area contributed by atoms with Crippen molar-refractivity contribution in [3.05, 3.63) is 104 Å². The molecule has 1 aliphatic carbocycles. The molecule has 1 N–H and O–H groups in total. The zero-order valence-electron chi connectivity index (χ0n) is 25.4. The predicted octanol–water partition coefficient (Wildman–Crippen LogP) is 4.78. The van der Waals surface area contributed by atoms with E-state index < -0.39 is 5.82 Å². The van der Waals surface area contributed by atoms with Gasteiger partial charge in [0.05, 0.1) is 12.3 Å². The van der Waals surface area contributed by atoms with Crippen LogP contribution in [0.2, 0.25) is 0 Å². The minimum atomic E-state index is -0.509. The highest BCUT2D eigenvalue weighted by Crippen LogP contribution is 2.36. The summed E-state index contributed by atoms with van der Waals surface area (Å²) in [6.45, 7) is 1.71. The molecule has 0 saturated carbocycles. The number of hydrogen-bond acceptors (Lipinski definition) is 5. The molecule has 3 aromatic heterocycles. The van der Waals surface area contributed by atoms with Crippen molar-refractivity contribution in [3.63, 3.8) is 0 Å². The van der Waals surface area contributed by atoms with E-state index in [1.54, 1.807) is 24.2 Å². The van der Waals surface area contributed by atoms with E-state index in [1.165, 1.54) is 39.9 Å². The second-order valence-electron chi connectivity index (χ2n) is 12.5. The van der Waals surface area contributed by atoms with E-state index in [2.05, 4.69) is 27.6 Å². The average Bonchev–Trinajstić information content (AvgIpc) is 3.63. The molecule has 1 saturated heterocycles. The SMILES string of the molecule is CN1CCCC1c1ccc(Cc2cc(-c3cc(F)cc(N4CCn5c(cc6c5CCCC6)C4=O)c3CO)cn(C)c2=O)nc1. The molecule has 1 unspecified atom stereocenters. The number of hydrogen-bond donors (Lipinski definition) is 1. The van der Waals surface area contributed by atoms with Crippen molar-refractivity contribution >= 4 is 11.6 Å². The normalized spacial score (nSPS) is 18.5. The van der Waals surface area contributed by atoms with Crippen LogP contribution >= 0.6 is 0 Å². The van der Waals surface area contributed by atoms with Gasteiger partial charge in [0.1, 0.15) is 11.5 Å². The van der Waals surface area contributed by atoms with Gasteiger partial charge in [-0.1, -0.05) is 6.07 Å². The highest BCUT2D eigenvalue weighted by Gasteiger charge is 2.32. The van der Waals surface area contributed by atoms with Gasteiger partial charge in [-0.25, -0.2) is 4.39 Å². The summed E-state index contributed by atoms with van der Waals surface area (Å²) >= 11 is 0. The molecule has 8 nitrogen and oxygen atoms in total. The van der Waals surface area contributed by atoms with Crippen molar-refractivity contribution in [1.82, 2.24) is 19.0 Å². The molecule has 0 bridgehead atoms. The van der Waals surface area contributed by atoms with Gasteiger partial charge in [-0.3, -0.25) is 19.5 Å². The standard InChI is InChI=1S/C35H38FN5O3/c1-38-11-5-8-30(38)23-9-10-27(37-19-23)15-24-14-25(20-39(2)34(24)43)28-17-26(36)18-32(29(28)21-42)41-13-12-40-31-7-4-3-6-22(31)16-33(40)35(41)44/h9-10,14,16-20,30,42H,3-8,11-13,15,21H2,1-2H3. The van der Waals surface area contributed by atoms with Gasteiger partial charge in [0, 0.05) is 67.5 Å². The molecule has 9 heteroatoms. The van der Waals surface area contributed by atoms with Gasteiger partial charge >= 0.3 is 0 Å². The summed E-state index contributed by atoms with van der Waals surface area (Å²) in [6.07, 6.45) is 10.4. The number of carbonyl (C=O) groups is 1. The number of fused-ring (bicyclic) bond motifs is 3. The molecule has 2 aliphatic heterocycles. The summed E-state index contributed by atoms with van der Waals surface area (Å²) in [6, 6.07) is 10.9. The fourth-order valence-corrected chi connectivity index (χ4v) is 7.47. The largest absolute Gasteiger partial charge is 0.392 e. The number of carbonyl (C=O) groups excluding carboxylic acids is 1. The first-order valence-corrected chi connectivity index (χ1v) is 15.6. The van der Waals surface area contributed by atoms with Crippen LogP contribution in [0.4, 0.5) is 10.1 Å². The van der Waals surface area contributed by atoms with Crippen LogP contribution < -0.4 is 10.5 Å². The lowest BCUT2D eigenvalue weighted by molar-refractivity contribution is 0.0964. The number of amides is 1. The number of nitrogens with zero attached hydrogens (tertiary/aromatic N) is 5. The van der Waals surface area contributed by atoms with E-state index in [0.29, 0.717) is 59.2 Å². The molecule has 0 radical (unpaired) electrons. The lowest BCUT2D eigenvalue weighted by atomic mass is 9.96. The van der Waals surface area contributed by atoms with Crippen molar-refractivity contribution in [2.75, 3.05) is 25.0 Å². The number of aryl methyl sites for hydroxylation is 2. The molecule has 1 aromatic carbocycles. The average molecular weight is 596 g/mol. The Morgan fingerprint density at radius 3 is 2.59 bits per heavy atom. The van der Waals surface area contributed by atoms with Crippen molar-refractivity contribution < 1.29 is 14.3 Å². The van der Waals surface area contributed by atoms with E-state index in [1.807, 2.05) is 18.3 Å². The molecular weight excluding hydrogens is 557 g/mol. The fraction of sp³-hybridized carbons (Fsp3) is 0.400. The van der Waals surface area contributed by atoms with E-state index in [0.717, 1.165) is 44.3 Å². The number of aliphatic hydroxyl groups is 1. The smallest absolute Gasteiger partial charge is 0.274 e. The summed E-state index contributed by atoms with van der Waals surface area (Å²) in [5.74, 6) is -0.693. The molecule has 44 heavy (non-hydrogen) atoms. The minimum absolute atomic E-state index is 0.159. The number of aromatic nitrogens is 3. The van der Waals surface area contributed by atoms with Gasteiger partial charge in [-0.05, 0) is 105 Å². The molecule has 1 atom stereocenters. The van der Waals surface area contributed by atoms with Gasteiger partial charge in [0.2, 0.25) is 0 Å². The number of likely N-dealkylation sites (tertiary alicyclic amines) is 1. The number of halogens is 1. The Labute approximate surface area is 256 Å². The predicted molar refractivity (Wildman–Crippen MR) is 167 cm³/mol. The third kappa shape index (κ3) is 4.98. The molecule has 228 valence electrons. The van der Waals surface area contributed by atoms with Crippen molar-refractivity contribution in [1.29, 1.82) is 0 Å². The van der Waals surface area contributed by atoms with E-state index >= 15 is 4.39 Å². The second-order valence-corrected chi connectivity index (χ2v) is 12.5. The first kappa shape index (κ1) is 28.7. The van der Waals surface area contributed by atoms with Gasteiger partial charge in [-0.15, -0.1) is 0 Å². The summed E-state index contributed by atoms with van der Waals surface area (Å²) in [5.41, 5.74) is 7.29. The first-order chi connectivity index (χ1) is 21.3.